The topological polar surface area (TPSA) is 28.4 Å². The van der Waals surface area contributed by atoms with Gasteiger partial charge in [0.1, 0.15) is 11.6 Å². The summed E-state index contributed by atoms with van der Waals surface area (Å²) in [4.78, 5) is 2.03. The third kappa shape index (κ3) is 3.45. The molecular formula is C17H21FN2O. The van der Waals surface area contributed by atoms with E-state index < -0.39 is 0 Å². The second-order valence-corrected chi connectivity index (χ2v) is 5.49. The van der Waals surface area contributed by atoms with Gasteiger partial charge < -0.3 is 14.6 Å². The molecule has 3 nitrogen and oxygen atoms in total. The number of anilines is 1. The van der Waals surface area contributed by atoms with Gasteiger partial charge in [-0.2, -0.15) is 0 Å². The fourth-order valence-corrected chi connectivity index (χ4v) is 2.47. The maximum atomic E-state index is 13.9. The van der Waals surface area contributed by atoms with Gasteiger partial charge in [0.2, 0.25) is 0 Å². The van der Waals surface area contributed by atoms with E-state index in [9.17, 15) is 4.39 Å². The van der Waals surface area contributed by atoms with Crippen molar-refractivity contribution in [2.45, 2.75) is 38.9 Å². The Balaban J connectivity index is 1.71. The molecule has 0 bridgehead atoms. The van der Waals surface area contributed by atoms with E-state index in [1.807, 2.05) is 30.0 Å². The van der Waals surface area contributed by atoms with Gasteiger partial charge in [-0.05, 0) is 38.0 Å². The van der Waals surface area contributed by atoms with Gasteiger partial charge in [-0.15, -0.1) is 0 Å². The summed E-state index contributed by atoms with van der Waals surface area (Å²) in [5, 5.41) is 3.46. The molecule has 3 rings (SSSR count). The number of benzene rings is 1. The average Bonchev–Trinajstić information content (AvgIpc) is 3.23. The van der Waals surface area contributed by atoms with Crippen molar-refractivity contribution in [3.05, 3.63) is 53.7 Å². The summed E-state index contributed by atoms with van der Waals surface area (Å²) in [7, 11) is 0. The lowest BCUT2D eigenvalue weighted by molar-refractivity contribution is 0.476. The number of rotatable bonds is 7. The summed E-state index contributed by atoms with van der Waals surface area (Å²) in [5.41, 5.74) is 1.76. The largest absolute Gasteiger partial charge is 0.468 e. The zero-order chi connectivity index (χ0) is 14.7. The minimum absolute atomic E-state index is 0.180. The molecule has 2 aromatic rings. The molecule has 21 heavy (non-hydrogen) atoms. The van der Waals surface area contributed by atoms with Gasteiger partial charge >= 0.3 is 0 Å². The predicted molar refractivity (Wildman–Crippen MR) is 81.7 cm³/mol. The molecule has 0 unspecified atom stereocenters. The molecular weight excluding hydrogens is 267 g/mol. The first kappa shape index (κ1) is 14.1. The van der Waals surface area contributed by atoms with Crippen LogP contribution in [-0.4, -0.2) is 12.6 Å². The van der Waals surface area contributed by atoms with Crippen molar-refractivity contribution in [2.75, 3.05) is 11.4 Å². The van der Waals surface area contributed by atoms with E-state index >= 15 is 0 Å². The van der Waals surface area contributed by atoms with Crippen LogP contribution in [0, 0.1) is 5.82 Å². The van der Waals surface area contributed by atoms with Crippen molar-refractivity contribution < 1.29 is 8.81 Å². The van der Waals surface area contributed by atoms with Gasteiger partial charge in [-0.25, -0.2) is 4.39 Å². The van der Waals surface area contributed by atoms with E-state index in [0.29, 0.717) is 18.3 Å². The molecule has 1 aliphatic rings. The van der Waals surface area contributed by atoms with Crippen molar-refractivity contribution >= 4 is 5.69 Å². The highest BCUT2D eigenvalue weighted by Crippen LogP contribution is 2.24. The Hall–Kier alpha value is -1.81. The number of halogens is 1. The summed E-state index contributed by atoms with van der Waals surface area (Å²) >= 11 is 0. The molecule has 0 radical (unpaired) electrons. The monoisotopic (exact) mass is 288 g/mol. The van der Waals surface area contributed by atoms with E-state index in [1.165, 1.54) is 18.9 Å². The van der Waals surface area contributed by atoms with Crippen LogP contribution in [0.1, 0.15) is 31.1 Å². The molecule has 0 saturated heterocycles. The fraction of sp³-hybridized carbons (Fsp3) is 0.412. The molecule has 4 heteroatoms. The number of furan rings is 1. The zero-order valence-electron chi connectivity index (χ0n) is 12.3. The second kappa shape index (κ2) is 6.31. The molecule has 1 aromatic heterocycles. The van der Waals surface area contributed by atoms with E-state index in [-0.39, 0.29) is 5.82 Å². The van der Waals surface area contributed by atoms with Crippen LogP contribution >= 0.6 is 0 Å². The first-order valence-corrected chi connectivity index (χ1v) is 7.56. The number of hydrogen-bond acceptors (Lipinski definition) is 3. The number of para-hydroxylation sites is 1. The third-order valence-electron chi connectivity index (χ3n) is 3.90. The van der Waals surface area contributed by atoms with Crippen LogP contribution in [-0.2, 0) is 13.1 Å². The van der Waals surface area contributed by atoms with Gasteiger partial charge in [0.15, 0.2) is 0 Å². The van der Waals surface area contributed by atoms with Gasteiger partial charge in [0.25, 0.3) is 0 Å². The van der Waals surface area contributed by atoms with Crippen LogP contribution in [0.2, 0.25) is 0 Å². The molecule has 1 saturated carbocycles. The Labute approximate surface area is 124 Å². The minimum atomic E-state index is -0.180. The van der Waals surface area contributed by atoms with Crippen molar-refractivity contribution in [2.24, 2.45) is 0 Å². The van der Waals surface area contributed by atoms with Crippen LogP contribution < -0.4 is 10.2 Å². The normalized spacial score (nSPS) is 14.4. The molecule has 1 N–H and O–H groups in total. The van der Waals surface area contributed by atoms with E-state index in [0.717, 1.165) is 24.4 Å². The Kier molecular flexibility index (Phi) is 4.25. The van der Waals surface area contributed by atoms with Crippen molar-refractivity contribution in [1.29, 1.82) is 0 Å². The Bertz CT molecular complexity index is 592. The highest BCUT2D eigenvalue weighted by atomic mass is 19.1. The molecule has 0 atom stereocenters. The van der Waals surface area contributed by atoms with Crippen LogP contribution in [0.25, 0.3) is 0 Å². The number of nitrogens with zero attached hydrogens (tertiary/aromatic N) is 1. The SMILES string of the molecule is CCN(Cc1ccoc1CNC1CC1)c1ccccc1F. The summed E-state index contributed by atoms with van der Waals surface area (Å²) in [6.07, 6.45) is 4.23. The highest BCUT2D eigenvalue weighted by Gasteiger charge is 2.21. The minimum Gasteiger partial charge on any atom is -0.468 e. The fourth-order valence-electron chi connectivity index (χ4n) is 2.47. The zero-order valence-corrected chi connectivity index (χ0v) is 12.3. The van der Waals surface area contributed by atoms with Crippen LogP contribution in [0.15, 0.2) is 41.0 Å². The second-order valence-electron chi connectivity index (χ2n) is 5.49. The molecule has 1 fully saturated rings. The van der Waals surface area contributed by atoms with E-state index in [4.69, 9.17) is 4.42 Å². The van der Waals surface area contributed by atoms with Crippen LogP contribution in [0.5, 0.6) is 0 Å². The van der Waals surface area contributed by atoms with Gasteiger partial charge in [-0.3, -0.25) is 0 Å². The Morgan fingerprint density at radius 2 is 2.10 bits per heavy atom. The Morgan fingerprint density at radius 3 is 2.81 bits per heavy atom. The lowest BCUT2D eigenvalue weighted by Gasteiger charge is -2.23. The predicted octanol–water partition coefficient (Wildman–Crippen LogP) is 3.70. The lowest BCUT2D eigenvalue weighted by Crippen LogP contribution is -2.24. The summed E-state index contributed by atoms with van der Waals surface area (Å²) in [6, 6.07) is 9.54. The number of nitrogens with one attached hydrogen (secondary N) is 1. The molecule has 1 heterocycles. The average molecular weight is 288 g/mol. The molecule has 0 amide bonds. The molecule has 0 aliphatic heterocycles. The van der Waals surface area contributed by atoms with E-state index in [2.05, 4.69) is 5.32 Å². The standard InChI is InChI=1S/C17H21FN2O/c1-2-20(16-6-4-3-5-15(16)18)12-13-9-10-21-17(13)11-19-14-7-8-14/h3-6,9-10,14,19H,2,7-8,11-12H2,1H3. The first-order chi connectivity index (χ1) is 10.3. The first-order valence-electron chi connectivity index (χ1n) is 7.56. The highest BCUT2D eigenvalue weighted by molar-refractivity contribution is 5.48. The van der Waals surface area contributed by atoms with Crippen LogP contribution in [0.4, 0.5) is 10.1 Å². The van der Waals surface area contributed by atoms with Gasteiger partial charge in [0, 0.05) is 24.7 Å². The molecule has 1 aromatic carbocycles. The quantitative estimate of drug-likeness (QED) is 0.842. The van der Waals surface area contributed by atoms with Gasteiger partial charge in [-0.1, -0.05) is 12.1 Å². The number of hydrogen-bond donors (Lipinski definition) is 1. The van der Waals surface area contributed by atoms with Crippen molar-refractivity contribution in [3.63, 3.8) is 0 Å². The summed E-state index contributed by atoms with van der Waals surface area (Å²) in [5.74, 6) is 0.775. The summed E-state index contributed by atoms with van der Waals surface area (Å²) < 4.78 is 19.5. The maximum Gasteiger partial charge on any atom is 0.146 e. The van der Waals surface area contributed by atoms with Crippen molar-refractivity contribution in [3.8, 4) is 0 Å². The Morgan fingerprint density at radius 1 is 1.29 bits per heavy atom. The summed E-state index contributed by atoms with van der Waals surface area (Å²) in [6.45, 7) is 4.20. The maximum absolute atomic E-state index is 13.9. The van der Waals surface area contributed by atoms with Crippen LogP contribution in [0.3, 0.4) is 0 Å². The third-order valence-corrected chi connectivity index (χ3v) is 3.90. The molecule has 1 aliphatic carbocycles. The lowest BCUT2D eigenvalue weighted by atomic mass is 10.2. The van der Waals surface area contributed by atoms with Crippen molar-refractivity contribution in [1.82, 2.24) is 5.32 Å². The smallest absolute Gasteiger partial charge is 0.146 e. The van der Waals surface area contributed by atoms with Gasteiger partial charge in [0.05, 0.1) is 18.5 Å². The van der Waals surface area contributed by atoms with E-state index in [1.54, 1.807) is 12.3 Å². The molecule has 0 spiro atoms. The molecule has 112 valence electrons.